The minimum absolute atomic E-state index is 0.0811. The maximum absolute atomic E-state index is 12.5. The van der Waals surface area contributed by atoms with Gasteiger partial charge in [-0.2, -0.15) is 0 Å². The molecule has 0 atom stereocenters. The van der Waals surface area contributed by atoms with E-state index in [0.29, 0.717) is 26.3 Å². The number of amides is 1. The first-order chi connectivity index (χ1) is 11.0. The fourth-order valence-electron chi connectivity index (χ4n) is 2.46. The molecule has 2 aromatic heterocycles. The number of ether oxygens (including phenoxy) is 1. The van der Waals surface area contributed by atoms with Crippen LogP contribution in [0.2, 0.25) is 0 Å². The van der Waals surface area contributed by atoms with Crippen molar-refractivity contribution < 1.29 is 14.5 Å². The van der Waals surface area contributed by atoms with Crippen LogP contribution in [0.5, 0.6) is 0 Å². The topological polar surface area (TPSA) is 108 Å². The molecule has 10 heteroatoms. The van der Waals surface area contributed by atoms with E-state index in [0.717, 1.165) is 11.3 Å². The van der Waals surface area contributed by atoms with E-state index in [9.17, 15) is 19.7 Å². The molecule has 0 radical (unpaired) electrons. The molecule has 0 aliphatic carbocycles. The summed E-state index contributed by atoms with van der Waals surface area (Å²) in [5.74, 6) is 0.0938. The molecule has 1 amide bonds. The molecule has 3 rings (SSSR count). The van der Waals surface area contributed by atoms with Gasteiger partial charge >= 0.3 is 5.69 Å². The highest BCUT2D eigenvalue weighted by atomic mass is 32.1. The summed E-state index contributed by atoms with van der Waals surface area (Å²) in [5, 5.41) is 12.3. The molecular formula is C13H14N4O5S. The fourth-order valence-corrected chi connectivity index (χ4v) is 3.36. The van der Waals surface area contributed by atoms with Crippen molar-refractivity contribution in [3.8, 4) is 0 Å². The number of fused-ring (bicyclic) bond motifs is 1. The van der Waals surface area contributed by atoms with Crippen LogP contribution < -0.4 is 5.56 Å². The van der Waals surface area contributed by atoms with Crippen molar-refractivity contribution in [1.82, 2.24) is 14.5 Å². The van der Waals surface area contributed by atoms with Crippen LogP contribution >= 0.6 is 11.3 Å². The normalized spacial score (nSPS) is 15.1. The summed E-state index contributed by atoms with van der Waals surface area (Å²) in [5.41, 5.74) is -0.526. The summed E-state index contributed by atoms with van der Waals surface area (Å²) < 4.78 is 6.65. The molecule has 0 spiro atoms. The van der Waals surface area contributed by atoms with Gasteiger partial charge in [-0.05, 0) is 6.92 Å². The predicted octanol–water partition coefficient (Wildman–Crippen LogP) is 0.533. The Hall–Kier alpha value is -2.33. The van der Waals surface area contributed by atoms with Crippen LogP contribution in [0.4, 0.5) is 5.69 Å². The second-order valence-electron chi connectivity index (χ2n) is 5.10. The highest BCUT2D eigenvalue weighted by Crippen LogP contribution is 2.27. The smallest absolute Gasteiger partial charge is 0.306 e. The SMILES string of the molecule is Cc1nc2c([N+](=O)[O-])csc2c(=O)n1CC(=O)N1CCOCC1. The average Bonchev–Trinajstić information content (AvgIpc) is 2.96. The first kappa shape index (κ1) is 15.6. The van der Waals surface area contributed by atoms with Gasteiger partial charge in [0.15, 0.2) is 5.52 Å². The zero-order valence-corrected chi connectivity index (χ0v) is 13.2. The molecule has 0 N–H and O–H groups in total. The zero-order valence-electron chi connectivity index (χ0n) is 12.4. The van der Waals surface area contributed by atoms with Gasteiger partial charge in [-0.15, -0.1) is 11.3 Å². The van der Waals surface area contributed by atoms with Gasteiger partial charge in [0.25, 0.3) is 5.56 Å². The van der Waals surface area contributed by atoms with Crippen molar-refractivity contribution in [2.75, 3.05) is 26.3 Å². The van der Waals surface area contributed by atoms with Crippen LogP contribution in [0.25, 0.3) is 10.2 Å². The van der Waals surface area contributed by atoms with E-state index in [-0.39, 0.29) is 34.2 Å². The molecule has 3 heterocycles. The summed E-state index contributed by atoms with van der Waals surface area (Å²) >= 11 is 0.972. The summed E-state index contributed by atoms with van der Waals surface area (Å²) in [6.07, 6.45) is 0. The molecule has 0 saturated carbocycles. The number of hydrogen-bond donors (Lipinski definition) is 0. The Bertz CT molecular complexity index is 837. The third-order valence-corrected chi connectivity index (χ3v) is 4.65. The largest absolute Gasteiger partial charge is 0.378 e. The summed E-state index contributed by atoms with van der Waals surface area (Å²) in [6.45, 7) is 3.38. The fraction of sp³-hybridized carbons (Fsp3) is 0.462. The van der Waals surface area contributed by atoms with Crippen LogP contribution in [-0.4, -0.2) is 51.6 Å². The van der Waals surface area contributed by atoms with Gasteiger partial charge in [0.05, 0.1) is 23.5 Å². The monoisotopic (exact) mass is 338 g/mol. The molecule has 1 fully saturated rings. The second-order valence-corrected chi connectivity index (χ2v) is 5.98. The Morgan fingerprint density at radius 1 is 1.48 bits per heavy atom. The molecule has 1 aliphatic heterocycles. The van der Waals surface area contributed by atoms with Crippen molar-refractivity contribution in [3.63, 3.8) is 0 Å². The van der Waals surface area contributed by atoms with Gasteiger partial charge in [-0.3, -0.25) is 24.3 Å². The number of carbonyl (C=O) groups is 1. The van der Waals surface area contributed by atoms with Crippen LogP contribution in [0.15, 0.2) is 10.2 Å². The van der Waals surface area contributed by atoms with Gasteiger partial charge in [-0.25, -0.2) is 4.98 Å². The quantitative estimate of drug-likeness (QED) is 0.597. The van der Waals surface area contributed by atoms with E-state index >= 15 is 0 Å². The molecule has 122 valence electrons. The van der Waals surface area contributed by atoms with Crippen LogP contribution in [0.1, 0.15) is 5.82 Å². The molecule has 9 nitrogen and oxygen atoms in total. The average molecular weight is 338 g/mol. The lowest BCUT2D eigenvalue weighted by Crippen LogP contribution is -2.43. The van der Waals surface area contributed by atoms with Crippen molar-refractivity contribution in [3.05, 3.63) is 31.7 Å². The van der Waals surface area contributed by atoms with Gasteiger partial charge in [0.1, 0.15) is 17.1 Å². The number of thiophene rings is 1. The van der Waals surface area contributed by atoms with E-state index in [1.807, 2.05) is 0 Å². The number of hydrogen-bond acceptors (Lipinski definition) is 7. The number of nitrogens with zero attached hydrogens (tertiary/aromatic N) is 4. The maximum Gasteiger partial charge on any atom is 0.306 e. The van der Waals surface area contributed by atoms with Crippen LogP contribution in [0.3, 0.4) is 0 Å². The summed E-state index contributed by atoms with van der Waals surface area (Å²) in [7, 11) is 0. The Morgan fingerprint density at radius 2 is 2.17 bits per heavy atom. The van der Waals surface area contributed by atoms with Crippen LogP contribution in [0, 0.1) is 17.0 Å². The third-order valence-electron chi connectivity index (χ3n) is 3.70. The third kappa shape index (κ3) is 2.82. The highest BCUT2D eigenvalue weighted by Gasteiger charge is 2.23. The minimum Gasteiger partial charge on any atom is -0.378 e. The van der Waals surface area contributed by atoms with E-state index in [4.69, 9.17) is 4.74 Å². The molecule has 0 unspecified atom stereocenters. The Morgan fingerprint density at radius 3 is 2.83 bits per heavy atom. The highest BCUT2D eigenvalue weighted by molar-refractivity contribution is 7.17. The predicted molar refractivity (Wildman–Crippen MR) is 82.7 cm³/mol. The van der Waals surface area contributed by atoms with E-state index in [2.05, 4.69) is 4.98 Å². The van der Waals surface area contributed by atoms with Gasteiger partial charge in [-0.1, -0.05) is 0 Å². The molecule has 23 heavy (non-hydrogen) atoms. The molecule has 1 aliphatic rings. The van der Waals surface area contributed by atoms with Crippen molar-refractivity contribution >= 4 is 33.1 Å². The van der Waals surface area contributed by atoms with Gasteiger partial charge in [0.2, 0.25) is 5.91 Å². The Kier molecular flexibility index (Phi) is 4.09. The maximum atomic E-state index is 12.5. The van der Waals surface area contributed by atoms with Crippen molar-refractivity contribution in [2.45, 2.75) is 13.5 Å². The molecule has 0 bridgehead atoms. The Labute approximate surface area is 134 Å². The number of nitro groups is 1. The number of morpholine rings is 1. The summed E-state index contributed by atoms with van der Waals surface area (Å²) in [4.78, 5) is 41.0. The molecule has 1 saturated heterocycles. The second kappa shape index (κ2) is 6.05. The minimum atomic E-state index is -0.562. The van der Waals surface area contributed by atoms with Crippen molar-refractivity contribution in [2.24, 2.45) is 0 Å². The standard InChI is InChI=1S/C13H14N4O5S/c1-8-14-11-9(17(20)21)7-23-12(11)13(19)16(8)6-10(18)15-2-4-22-5-3-15/h7H,2-6H2,1H3. The van der Waals surface area contributed by atoms with Gasteiger partial charge < -0.3 is 9.64 Å². The molecule has 2 aromatic rings. The zero-order chi connectivity index (χ0) is 16.6. The molecule has 0 aromatic carbocycles. The van der Waals surface area contributed by atoms with Crippen LogP contribution in [-0.2, 0) is 16.1 Å². The Balaban J connectivity index is 1.96. The van der Waals surface area contributed by atoms with Gasteiger partial charge in [0, 0.05) is 13.1 Å². The number of carbonyl (C=O) groups excluding carboxylic acids is 1. The number of rotatable bonds is 3. The lowest BCUT2D eigenvalue weighted by Gasteiger charge is -2.27. The number of aryl methyl sites for hydroxylation is 1. The lowest BCUT2D eigenvalue weighted by molar-refractivity contribution is -0.382. The van der Waals surface area contributed by atoms with E-state index in [1.165, 1.54) is 9.95 Å². The molecular weight excluding hydrogens is 324 g/mol. The van der Waals surface area contributed by atoms with Crippen molar-refractivity contribution in [1.29, 1.82) is 0 Å². The first-order valence-electron chi connectivity index (χ1n) is 6.97. The summed E-state index contributed by atoms with van der Waals surface area (Å²) in [6, 6.07) is 0. The van der Waals surface area contributed by atoms with E-state index in [1.54, 1.807) is 11.8 Å². The first-order valence-corrected chi connectivity index (χ1v) is 7.85. The lowest BCUT2D eigenvalue weighted by atomic mass is 10.3. The number of aromatic nitrogens is 2. The van der Waals surface area contributed by atoms with E-state index < -0.39 is 10.5 Å².